The molecule has 4 atom stereocenters. The first-order chi connectivity index (χ1) is 11.2. The Bertz CT molecular complexity index is 679. The summed E-state index contributed by atoms with van der Waals surface area (Å²) in [7, 11) is 0. The molecule has 2 fully saturated rings. The highest BCUT2D eigenvalue weighted by Gasteiger charge is 2.42. The lowest BCUT2D eigenvalue weighted by atomic mass is 9.84. The lowest BCUT2D eigenvalue weighted by Crippen LogP contribution is -2.40. The number of fused-ring (bicyclic) bond motifs is 2. The smallest absolute Gasteiger partial charge is 0.226 e. The first kappa shape index (κ1) is 14.9. The Kier molecular flexibility index (Phi) is 3.97. The molecule has 2 aliphatic rings. The van der Waals surface area contributed by atoms with Gasteiger partial charge in [0.15, 0.2) is 10.8 Å². The Labute approximate surface area is 140 Å². The van der Waals surface area contributed by atoms with Gasteiger partial charge in [0, 0.05) is 11.4 Å². The van der Waals surface area contributed by atoms with Crippen LogP contribution in [0.3, 0.4) is 0 Å². The van der Waals surface area contributed by atoms with E-state index in [0.29, 0.717) is 12.3 Å². The van der Waals surface area contributed by atoms with Crippen LogP contribution < -0.4 is 5.32 Å². The Balaban J connectivity index is 1.33. The molecule has 5 heteroatoms. The lowest BCUT2D eigenvalue weighted by Gasteiger charge is -2.28. The molecule has 23 heavy (non-hydrogen) atoms. The maximum atomic E-state index is 12.3. The number of nitrogens with one attached hydrogen (secondary N) is 1. The Morgan fingerprint density at radius 1 is 1.48 bits per heavy atom. The monoisotopic (exact) mass is 330 g/mol. The molecule has 1 N–H and O–H groups in total. The second kappa shape index (κ2) is 6.11. The van der Waals surface area contributed by atoms with Crippen molar-refractivity contribution in [2.24, 2.45) is 17.8 Å². The Hall–Kier alpha value is -1.62. The number of carbonyl (C=O) groups is 1. The lowest BCUT2D eigenvalue weighted by molar-refractivity contribution is -0.121. The third-order valence-electron chi connectivity index (χ3n) is 5.45. The summed E-state index contributed by atoms with van der Waals surface area (Å²) in [6.45, 7) is 2.17. The maximum Gasteiger partial charge on any atom is 0.226 e. The quantitative estimate of drug-likeness (QED) is 0.905. The predicted octanol–water partition coefficient (Wildman–Crippen LogP) is 3.89. The van der Waals surface area contributed by atoms with Crippen molar-refractivity contribution >= 4 is 17.2 Å². The SMILES string of the molecule is C[C@@H](NC(=O)Cc1csc(-c2ccco2)n1)[C@@H]1C[C@H]2CC[C@H]1C2. The molecule has 2 heterocycles. The van der Waals surface area contributed by atoms with Crippen LogP contribution in [0.4, 0.5) is 0 Å². The molecule has 0 radical (unpaired) electrons. The molecule has 1 amide bonds. The van der Waals surface area contributed by atoms with E-state index in [0.717, 1.165) is 28.3 Å². The second-order valence-corrected chi connectivity index (χ2v) is 7.85. The van der Waals surface area contributed by atoms with Crippen molar-refractivity contribution in [2.75, 3.05) is 0 Å². The van der Waals surface area contributed by atoms with E-state index in [1.807, 2.05) is 17.5 Å². The van der Waals surface area contributed by atoms with Gasteiger partial charge in [0.05, 0.1) is 18.4 Å². The van der Waals surface area contributed by atoms with Gasteiger partial charge >= 0.3 is 0 Å². The number of hydrogen-bond donors (Lipinski definition) is 1. The molecule has 4 rings (SSSR count). The van der Waals surface area contributed by atoms with Gasteiger partial charge in [-0.25, -0.2) is 4.98 Å². The summed E-state index contributed by atoms with van der Waals surface area (Å²) in [6, 6.07) is 4.01. The minimum Gasteiger partial charge on any atom is -0.462 e. The third kappa shape index (κ3) is 3.07. The summed E-state index contributed by atoms with van der Waals surface area (Å²) in [4.78, 5) is 16.8. The van der Waals surface area contributed by atoms with Gasteiger partial charge in [-0.05, 0) is 56.1 Å². The van der Waals surface area contributed by atoms with Crippen molar-refractivity contribution in [3.8, 4) is 10.8 Å². The third-order valence-corrected chi connectivity index (χ3v) is 6.35. The van der Waals surface area contributed by atoms with E-state index in [2.05, 4.69) is 17.2 Å². The van der Waals surface area contributed by atoms with Crippen molar-refractivity contribution in [1.29, 1.82) is 0 Å². The molecule has 0 aromatic carbocycles. The van der Waals surface area contributed by atoms with Crippen LogP contribution in [-0.2, 0) is 11.2 Å². The first-order valence-electron chi connectivity index (χ1n) is 8.46. The van der Waals surface area contributed by atoms with Crippen molar-refractivity contribution in [3.63, 3.8) is 0 Å². The molecule has 0 unspecified atom stereocenters. The van der Waals surface area contributed by atoms with Crippen LogP contribution in [0.15, 0.2) is 28.2 Å². The van der Waals surface area contributed by atoms with Crippen LogP contribution in [-0.4, -0.2) is 16.9 Å². The summed E-state index contributed by atoms with van der Waals surface area (Å²) in [5.74, 6) is 3.26. The van der Waals surface area contributed by atoms with E-state index < -0.39 is 0 Å². The number of thiazole rings is 1. The standard InChI is InChI=1S/C18H22N2O2S/c1-11(15-8-12-4-5-13(15)7-12)19-17(21)9-14-10-23-18(20-14)16-3-2-6-22-16/h2-3,6,10-13,15H,4-5,7-9H2,1H3,(H,19,21)/t11-,12+,13+,15+/m1/s1. The van der Waals surface area contributed by atoms with Gasteiger partial charge in [-0.2, -0.15) is 0 Å². The number of hydrogen-bond acceptors (Lipinski definition) is 4. The van der Waals surface area contributed by atoms with E-state index in [4.69, 9.17) is 4.42 Å². The van der Waals surface area contributed by atoms with Crippen LogP contribution in [0.5, 0.6) is 0 Å². The molecule has 2 bridgehead atoms. The fourth-order valence-corrected chi connectivity index (χ4v) is 5.17. The van der Waals surface area contributed by atoms with E-state index in [9.17, 15) is 4.79 Å². The Morgan fingerprint density at radius 3 is 3.09 bits per heavy atom. The second-order valence-electron chi connectivity index (χ2n) is 6.99. The first-order valence-corrected chi connectivity index (χ1v) is 9.34. The molecule has 122 valence electrons. The van der Waals surface area contributed by atoms with Crippen LogP contribution in [0.25, 0.3) is 10.8 Å². The van der Waals surface area contributed by atoms with Gasteiger partial charge in [-0.1, -0.05) is 6.42 Å². The van der Waals surface area contributed by atoms with Gasteiger partial charge in [0.1, 0.15) is 0 Å². The zero-order valence-electron chi connectivity index (χ0n) is 13.3. The van der Waals surface area contributed by atoms with E-state index in [-0.39, 0.29) is 11.9 Å². The largest absolute Gasteiger partial charge is 0.462 e. The summed E-state index contributed by atoms with van der Waals surface area (Å²) >= 11 is 1.52. The molecule has 0 spiro atoms. The van der Waals surface area contributed by atoms with E-state index in [1.54, 1.807) is 6.26 Å². The highest BCUT2D eigenvalue weighted by Crippen LogP contribution is 2.49. The molecule has 0 saturated heterocycles. The number of nitrogens with zero attached hydrogens (tertiary/aromatic N) is 1. The number of aromatic nitrogens is 1. The van der Waals surface area contributed by atoms with Crippen LogP contribution in [0, 0.1) is 17.8 Å². The van der Waals surface area contributed by atoms with Gasteiger partial charge < -0.3 is 9.73 Å². The maximum absolute atomic E-state index is 12.3. The van der Waals surface area contributed by atoms with Gasteiger partial charge in [-0.15, -0.1) is 11.3 Å². The summed E-state index contributed by atoms with van der Waals surface area (Å²) < 4.78 is 5.35. The molecule has 4 nitrogen and oxygen atoms in total. The molecule has 2 aromatic heterocycles. The van der Waals surface area contributed by atoms with Gasteiger partial charge in [-0.3, -0.25) is 4.79 Å². The van der Waals surface area contributed by atoms with Crippen molar-refractivity contribution < 1.29 is 9.21 Å². The highest BCUT2D eigenvalue weighted by atomic mass is 32.1. The number of carbonyl (C=O) groups excluding carboxylic acids is 1. The molecule has 0 aliphatic heterocycles. The predicted molar refractivity (Wildman–Crippen MR) is 90.1 cm³/mol. The normalized spacial score (nSPS) is 27.3. The summed E-state index contributed by atoms with van der Waals surface area (Å²) in [6.07, 6.45) is 7.42. The minimum absolute atomic E-state index is 0.0802. The van der Waals surface area contributed by atoms with E-state index in [1.165, 1.54) is 37.0 Å². The molecule has 2 aromatic rings. The Morgan fingerprint density at radius 2 is 2.39 bits per heavy atom. The average Bonchev–Trinajstić information content (AvgIpc) is 3.30. The topological polar surface area (TPSA) is 55.1 Å². The van der Waals surface area contributed by atoms with Gasteiger partial charge in [0.2, 0.25) is 5.91 Å². The summed E-state index contributed by atoms with van der Waals surface area (Å²) in [5.41, 5.74) is 0.819. The number of amides is 1. The highest BCUT2D eigenvalue weighted by molar-refractivity contribution is 7.13. The zero-order valence-corrected chi connectivity index (χ0v) is 14.1. The van der Waals surface area contributed by atoms with Crippen LogP contribution in [0.1, 0.15) is 38.3 Å². The summed E-state index contributed by atoms with van der Waals surface area (Å²) in [5, 5.41) is 5.98. The van der Waals surface area contributed by atoms with Crippen LogP contribution in [0.2, 0.25) is 0 Å². The fourth-order valence-electron chi connectivity index (χ4n) is 4.38. The fraction of sp³-hybridized carbons (Fsp3) is 0.556. The van der Waals surface area contributed by atoms with E-state index >= 15 is 0 Å². The number of furan rings is 1. The zero-order chi connectivity index (χ0) is 15.8. The molecule has 2 saturated carbocycles. The average molecular weight is 330 g/mol. The molecular formula is C18H22N2O2S. The van der Waals surface area contributed by atoms with Crippen molar-refractivity contribution in [1.82, 2.24) is 10.3 Å². The molecular weight excluding hydrogens is 308 g/mol. The van der Waals surface area contributed by atoms with Crippen LogP contribution >= 0.6 is 11.3 Å². The number of rotatable bonds is 5. The van der Waals surface area contributed by atoms with Crippen molar-refractivity contribution in [2.45, 2.75) is 45.1 Å². The van der Waals surface area contributed by atoms with Crippen molar-refractivity contribution in [3.05, 3.63) is 29.5 Å². The van der Waals surface area contributed by atoms with Gasteiger partial charge in [0.25, 0.3) is 0 Å². The molecule has 2 aliphatic carbocycles. The minimum atomic E-state index is 0.0802.